The molecule has 22 heavy (non-hydrogen) atoms. The van der Waals surface area contributed by atoms with Crippen LogP contribution in [0.25, 0.3) is 12.2 Å². The molecule has 5 heteroatoms. The molecule has 2 aromatic rings. The van der Waals surface area contributed by atoms with Gasteiger partial charge in [0.15, 0.2) is 0 Å². The lowest BCUT2D eigenvalue weighted by atomic mass is 10.1. The van der Waals surface area contributed by atoms with Crippen LogP contribution in [0.4, 0.5) is 13.2 Å². The van der Waals surface area contributed by atoms with Gasteiger partial charge in [0, 0.05) is 0 Å². The second-order valence-corrected chi connectivity index (χ2v) is 4.31. The van der Waals surface area contributed by atoms with Crippen LogP contribution in [-0.2, 0) is 0 Å². The van der Waals surface area contributed by atoms with Crippen LogP contribution in [0.3, 0.4) is 0 Å². The first-order valence-corrected chi connectivity index (χ1v) is 6.39. The van der Waals surface area contributed by atoms with E-state index in [1.165, 1.54) is 12.1 Å². The molecular formula is C17H13F3O2. The third kappa shape index (κ3) is 4.41. The topological polar surface area (TPSA) is 18.5 Å². The Hall–Kier alpha value is -2.69. The van der Waals surface area contributed by atoms with E-state index in [4.69, 9.17) is 4.74 Å². The van der Waals surface area contributed by atoms with E-state index in [0.29, 0.717) is 0 Å². The number of rotatable bonds is 5. The van der Waals surface area contributed by atoms with Crippen molar-refractivity contribution in [3.63, 3.8) is 0 Å². The fourth-order valence-corrected chi connectivity index (χ4v) is 1.70. The SMILES string of the molecule is COc1ccc(/C=C/c2ccc(OC(F)=C(F)F)cc2)cc1. The fraction of sp³-hybridized carbons (Fsp3) is 0.0588. The van der Waals surface area contributed by atoms with Gasteiger partial charge in [0.1, 0.15) is 11.5 Å². The highest BCUT2D eigenvalue weighted by Gasteiger charge is 2.07. The highest BCUT2D eigenvalue weighted by molar-refractivity contribution is 5.70. The molecule has 0 aromatic heterocycles. The predicted octanol–water partition coefficient (Wildman–Crippen LogP) is 5.28. The molecule has 0 atom stereocenters. The van der Waals surface area contributed by atoms with Gasteiger partial charge in [-0.2, -0.15) is 13.2 Å². The molecular weight excluding hydrogens is 293 g/mol. The molecule has 0 bridgehead atoms. The number of hydrogen-bond acceptors (Lipinski definition) is 2. The summed E-state index contributed by atoms with van der Waals surface area (Å²) in [5, 5.41) is 0. The van der Waals surface area contributed by atoms with Gasteiger partial charge in [-0.1, -0.05) is 36.4 Å². The number of benzene rings is 2. The van der Waals surface area contributed by atoms with E-state index in [-0.39, 0.29) is 5.75 Å². The van der Waals surface area contributed by atoms with E-state index < -0.39 is 12.1 Å². The van der Waals surface area contributed by atoms with Crippen molar-refractivity contribution in [2.75, 3.05) is 7.11 Å². The first-order chi connectivity index (χ1) is 10.6. The molecule has 0 fully saturated rings. The van der Waals surface area contributed by atoms with Gasteiger partial charge in [-0.3, -0.25) is 0 Å². The molecule has 0 spiro atoms. The van der Waals surface area contributed by atoms with E-state index in [0.717, 1.165) is 16.9 Å². The Morgan fingerprint density at radius 2 is 1.23 bits per heavy atom. The van der Waals surface area contributed by atoms with Crippen molar-refractivity contribution in [2.45, 2.75) is 0 Å². The minimum Gasteiger partial charge on any atom is -0.497 e. The second-order valence-electron chi connectivity index (χ2n) is 4.31. The van der Waals surface area contributed by atoms with Crippen molar-refractivity contribution in [3.8, 4) is 11.5 Å². The van der Waals surface area contributed by atoms with Gasteiger partial charge < -0.3 is 9.47 Å². The zero-order chi connectivity index (χ0) is 15.9. The highest BCUT2D eigenvalue weighted by Crippen LogP contribution is 2.20. The number of halogens is 3. The van der Waals surface area contributed by atoms with Crippen molar-refractivity contribution in [1.82, 2.24) is 0 Å². The molecule has 114 valence electrons. The number of hydrogen-bond donors (Lipinski definition) is 0. The molecule has 0 unspecified atom stereocenters. The molecule has 2 rings (SSSR count). The summed E-state index contributed by atoms with van der Waals surface area (Å²) in [6, 6.07) is 11.7. The highest BCUT2D eigenvalue weighted by atomic mass is 19.3. The van der Waals surface area contributed by atoms with Crippen molar-refractivity contribution < 1.29 is 22.6 Å². The molecule has 0 aliphatic carbocycles. The maximum atomic E-state index is 12.6. The molecule has 0 saturated heterocycles. The van der Waals surface area contributed by atoms with Crippen LogP contribution in [0.5, 0.6) is 11.5 Å². The monoisotopic (exact) mass is 306 g/mol. The van der Waals surface area contributed by atoms with Crippen LogP contribution in [0.15, 0.2) is 60.6 Å². The smallest absolute Gasteiger partial charge is 0.344 e. The Kier molecular flexibility index (Phi) is 5.25. The summed E-state index contributed by atoms with van der Waals surface area (Å²) >= 11 is 0. The molecule has 0 heterocycles. The van der Waals surface area contributed by atoms with Gasteiger partial charge >= 0.3 is 12.1 Å². The summed E-state index contributed by atoms with van der Waals surface area (Å²) in [5.41, 5.74) is 1.81. The van der Waals surface area contributed by atoms with Crippen LogP contribution in [0, 0.1) is 0 Å². The van der Waals surface area contributed by atoms with E-state index >= 15 is 0 Å². The zero-order valence-corrected chi connectivity index (χ0v) is 11.7. The molecule has 2 aromatic carbocycles. The molecule has 0 aliphatic heterocycles. The predicted molar refractivity (Wildman–Crippen MR) is 79.3 cm³/mol. The summed E-state index contributed by atoms with van der Waals surface area (Å²) in [6.45, 7) is 0. The lowest BCUT2D eigenvalue weighted by Gasteiger charge is -2.02. The Bertz CT molecular complexity index is 670. The van der Waals surface area contributed by atoms with Gasteiger partial charge in [-0.05, 0) is 35.4 Å². The summed E-state index contributed by atoms with van der Waals surface area (Å²) in [4.78, 5) is 0. The first-order valence-electron chi connectivity index (χ1n) is 6.39. The average Bonchev–Trinajstić information content (AvgIpc) is 2.54. The largest absolute Gasteiger partial charge is 0.497 e. The fourth-order valence-electron chi connectivity index (χ4n) is 1.70. The van der Waals surface area contributed by atoms with Gasteiger partial charge in [0.05, 0.1) is 7.11 Å². The molecule has 2 nitrogen and oxygen atoms in total. The zero-order valence-electron chi connectivity index (χ0n) is 11.7. The minimum atomic E-state index is -2.48. The van der Waals surface area contributed by atoms with Crippen LogP contribution >= 0.6 is 0 Å². The minimum absolute atomic E-state index is 0.00639. The average molecular weight is 306 g/mol. The lowest BCUT2D eigenvalue weighted by Crippen LogP contribution is -1.90. The van der Waals surface area contributed by atoms with Crippen LogP contribution < -0.4 is 9.47 Å². The number of ether oxygens (including phenoxy) is 2. The summed E-state index contributed by atoms with van der Waals surface area (Å²) in [7, 11) is 1.60. The maximum absolute atomic E-state index is 12.6. The van der Waals surface area contributed by atoms with Gasteiger partial charge in [0.2, 0.25) is 0 Å². The van der Waals surface area contributed by atoms with E-state index in [2.05, 4.69) is 4.74 Å². The normalized spacial score (nSPS) is 10.5. The van der Waals surface area contributed by atoms with Crippen molar-refractivity contribution in [3.05, 3.63) is 71.8 Å². The van der Waals surface area contributed by atoms with Gasteiger partial charge in [-0.25, -0.2) is 0 Å². The van der Waals surface area contributed by atoms with Crippen molar-refractivity contribution >= 4 is 12.2 Å². The van der Waals surface area contributed by atoms with E-state index in [9.17, 15) is 13.2 Å². The Morgan fingerprint density at radius 3 is 1.64 bits per heavy atom. The van der Waals surface area contributed by atoms with Crippen molar-refractivity contribution in [1.29, 1.82) is 0 Å². The third-order valence-corrected chi connectivity index (χ3v) is 2.82. The van der Waals surface area contributed by atoms with Crippen LogP contribution in [0.2, 0.25) is 0 Å². The molecule has 0 amide bonds. The molecule has 0 aliphatic rings. The second kappa shape index (κ2) is 7.36. The maximum Gasteiger partial charge on any atom is 0.344 e. The summed E-state index contributed by atoms with van der Waals surface area (Å²) in [6.07, 6.45) is 1.24. The van der Waals surface area contributed by atoms with Crippen molar-refractivity contribution in [2.24, 2.45) is 0 Å². The van der Waals surface area contributed by atoms with E-state index in [1.54, 1.807) is 19.2 Å². The molecule has 0 saturated carbocycles. The quantitative estimate of drug-likeness (QED) is 0.553. The molecule has 0 N–H and O–H groups in total. The third-order valence-electron chi connectivity index (χ3n) is 2.82. The Labute approximate surface area is 126 Å². The van der Waals surface area contributed by atoms with E-state index in [1.807, 2.05) is 36.4 Å². The van der Waals surface area contributed by atoms with Gasteiger partial charge in [-0.15, -0.1) is 0 Å². The summed E-state index contributed by atoms with van der Waals surface area (Å²) < 4.78 is 45.9. The van der Waals surface area contributed by atoms with Gasteiger partial charge in [0.25, 0.3) is 0 Å². The van der Waals surface area contributed by atoms with Crippen LogP contribution in [0.1, 0.15) is 11.1 Å². The Balaban J connectivity index is 2.04. The summed E-state index contributed by atoms with van der Waals surface area (Å²) in [5.74, 6) is 0.778. The standard InChI is InChI=1S/C17H13F3O2/c1-21-14-8-4-12(5-9-14)2-3-13-6-10-15(11-7-13)22-17(20)16(18)19/h2-11H,1H3/b3-2+. The number of methoxy groups -OCH3 is 1. The first kappa shape index (κ1) is 15.7. The lowest BCUT2D eigenvalue weighted by molar-refractivity contribution is 0.241. The Morgan fingerprint density at radius 1 is 0.773 bits per heavy atom. The van der Waals surface area contributed by atoms with Crippen LogP contribution in [-0.4, -0.2) is 7.11 Å². The molecule has 0 radical (unpaired) electrons.